The van der Waals surface area contributed by atoms with Gasteiger partial charge in [0.15, 0.2) is 0 Å². The van der Waals surface area contributed by atoms with Crippen LogP contribution >= 0.6 is 0 Å². The summed E-state index contributed by atoms with van der Waals surface area (Å²) in [7, 11) is 1.84. The van der Waals surface area contributed by atoms with Crippen molar-refractivity contribution in [2.75, 3.05) is 7.05 Å². The first kappa shape index (κ1) is 17.0. The molecule has 2 aromatic carbocycles. The van der Waals surface area contributed by atoms with E-state index in [1.54, 1.807) is 25.1 Å². The number of amides is 1. The van der Waals surface area contributed by atoms with Gasteiger partial charge in [-0.05, 0) is 37.7 Å². The van der Waals surface area contributed by atoms with E-state index in [4.69, 9.17) is 10.5 Å². The molecule has 1 unspecified atom stereocenters. The highest BCUT2D eigenvalue weighted by atomic mass is 19.1. The van der Waals surface area contributed by atoms with E-state index in [-0.39, 0.29) is 24.4 Å². The number of nitrogens with zero attached hydrogens (tertiary/aromatic N) is 1. The molecule has 0 spiro atoms. The number of halogens is 1. The zero-order valence-corrected chi connectivity index (χ0v) is 13.3. The minimum atomic E-state index is -0.362. The standard InChI is InChI=1S/C18H21FN2O2/c1-13(18(20)22)21(2)11-14-6-5-8-16(10-14)23-12-15-7-3-4-9-17(15)19/h3-10,13H,11-12H2,1-2H3,(H2,20,22). The summed E-state index contributed by atoms with van der Waals surface area (Å²) in [5.74, 6) is 0.0176. The second-order valence-corrected chi connectivity index (χ2v) is 5.52. The van der Waals surface area contributed by atoms with Gasteiger partial charge in [-0.2, -0.15) is 0 Å². The number of carbonyl (C=O) groups excluding carboxylic acids is 1. The van der Waals surface area contributed by atoms with E-state index < -0.39 is 0 Å². The SMILES string of the molecule is CC(C(N)=O)N(C)Cc1cccc(OCc2ccccc2F)c1. The molecule has 0 saturated heterocycles. The van der Waals surface area contributed by atoms with Crippen LogP contribution in [0.3, 0.4) is 0 Å². The highest BCUT2D eigenvalue weighted by Gasteiger charge is 2.15. The van der Waals surface area contributed by atoms with E-state index in [9.17, 15) is 9.18 Å². The van der Waals surface area contributed by atoms with Gasteiger partial charge in [0.05, 0.1) is 6.04 Å². The third kappa shape index (κ3) is 4.79. The van der Waals surface area contributed by atoms with Crippen molar-refractivity contribution < 1.29 is 13.9 Å². The molecule has 2 rings (SSSR count). The summed E-state index contributed by atoms with van der Waals surface area (Å²) in [4.78, 5) is 13.1. The van der Waals surface area contributed by atoms with Gasteiger partial charge in [0.25, 0.3) is 0 Å². The zero-order chi connectivity index (χ0) is 16.8. The number of rotatable bonds is 7. The van der Waals surface area contributed by atoms with Crippen LogP contribution in [0.25, 0.3) is 0 Å². The molecule has 0 aliphatic heterocycles. The highest BCUT2D eigenvalue weighted by Crippen LogP contribution is 2.17. The summed E-state index contributed by atoms with van der Waals surface area (Å²) in [5.41, 5.74) is 6.81. The Hall–Kier alpha value is -2.40. The van der Waals surface area contributed by atoms with E-state index in [2.05, 4.69) is 0 Å². The van der Waals surface area contributed by atoms with E-state index in [1.807, 2.05) is 36.2 Å². The topological polar surface area (TPSA) is 55.6 Å². The molecule has 2 N–H and O–H groups in total. The van der Waals surface area contributed by atoms with Gasteiger partial charge in [-0.25, -0.2) is 4.39 Å². The average Bonchev–Trinajstić information content (AvgIpc) is 2.53. The molecule has 4 nitrogen and oxygen atoms in total. The number of likely N-dealkylation sites (N-methyl/N-ethyl adjacent to an activating group) is 1. The first-order valence-electron chi connectivity index (χ1n) is 7.42. The highest BCUT2D eigenvalue weighted by molar-refractivity contribution is 5.79. The molecule has 0 radical (unpaired) electrons. The third-order valence-electron chi connectivity index (χ3n) is 3.76. The van der Waals surface area contributed by atoms with Crippen LogP contribution in [0.1, 0.15) is 18.1 Å². The van der Waals surface area contributed by atoms with Crippen molar-refractivity contribution in [2.45, 2.75) is 26.1 Å². The molecular formula is C18H21FN2O2. The Kier molecular flexibility index (Phi) is 5.71. The number of ether oxygens (including phenoxy) is 1. The Morgan fingerprint density at radius 2 is 2.00 bits per heavy atom. The molecule has 0 saturated carbocycles. The predicted molar refractivity (Wildman–Crippen MR) is 87.3 cm³/mol. The number of hydrogen-bond donors (Lipinski definition) is 1. The van der Waals surface area contributed by atoms with E-state index in [0.29, 0.717) is 17.9 Å². The Morgan fingerprint density at radius 3 is 2.70 bits per heavy atom. The molecule has 0 fully saturated rings. The molecule has 5 heteroatoms. The molecular weight excluding hydrogens is 295 g/mol. The Morgan fingerprint density at radius 1 is 1.26 bits per heavy atom. The fourth-order valence-electron chi connectivity index (χ4n) is 2.15. The van der Waals surface area contributed by atoms with E-state index >= 15 is 0 Å². The van der Waals surface area contributed by atoms with Gasteiger partial charge in [0, 0.05) is 12.1 Å². The minimum Gasteiger partial charge on any atom is -0.489 e. The maximum Gasteiger partial charge on any atom is 0.234 e. The summed E-state index contributed by atoms with van der Waals surface area (Å²) >= 11 is 0. The number of carbonyl (C=O) groups is 1. The van der Waals surface area contributed by atoms with Crippen molar-refractivity contribution in [3.63, 3.8) is 0 Å². The van der Waals surface area contributed by atoms with Gasteiger partial charge < -0.3 is 10.5 Å². The number of hydrogen-bond acceptors (Lipinski definition) is 3. The molecule has 1 amide bonds. The maximum absolute atomic E-state index is 13.6. The van der Waals surface area contributed by atoms with Gasteiger partial charge in [0.2, 0.25) is 5.91 Å². The Bertz CT molecular complexity index is 676. The monoisotopic (exact) mass is 316 g/mol. The molecule has 0 heterocycles. The minimum absolute atomic E-state index is 0.170. The molecule has 2 aromatic rings. The lowest BCUT2D eigenvalue weighted by molar-refractivity contribution is -0.122. The van der Waals surface area contributed by atoms with Crippen LogP contribution in [0, 0.1) is 5.82 Å². The molecule has 0 bridgehead atoms. The van der Waals surface area contributed by atoms with Gasteiger partial charge >= 0.3 is 0 Å². The summed E-state index contributed by atoms with van der Waals surface area (Å²) in [6.45, 7) is 2.51. The van der Waals surface area contributed by atoms with Crippen molar-refractivity contribution in [2.24, 2.45) is 5.73 Å². The van der Waals surface area contributed by atoms with Crippen molar-refractivity contribution >= 4 is 5.91 Å². The van der Waals surface area contributed by atoms with Crippen LogP contribution in [-0.4, -0.2) is 23.9 Å². The molecule has 0 aliphatic rings. The number of benzene rings is 2. The van der Waals surface area contributed by atoms with Crippen LogP contribution in [0.5, 0.6) is 5.75 Å². The predicted octanol–water partition coefficient (Wildman–Crippen LogP) is 2.71. The second-order valence-electron chi connectivity index (χ2n) is 5.52. The van der Waals surface area contributed by atoms with Crippen molar-refractivity contribution in [1.82, 2.24) is 4.90 Å². The summed E-state index contributed by atoms with van der Waals surface area (Å²) < 4.78 is 19.2. The lowest BCUT2D eigenvalue weighted by atomic mass is 10.1. The zero-order valence-electron chi connectivity index (χ0n) is 13.3. The van der Waals surface area contributed by atoms with Crippen molar-refractivity contribution in [1.29, 1.82) is 0 Å². The fraction of sp³-hybridized carbons (Fsp3) is 0.278. The average molecular weight is 316 g/mol. The summed E-state index contributed by atoms with van der Waals surface area (Å²) in [6, 6.07) is 13.7. The first-order valence-corrected chi connectivity index (χ1v) is 7.42. The number of primary amides is 1. The van der Waals surface area contributed by atoms with Crippen LogP contribution < -0.4 is 10.5 Å². The first-order chi connectivity index (χ1) is 11.0. The Labute approximate surface area is 135 Å². The van der Waals surface area contributed by atoms with Gasteiger partial charge in [-0.15, -0.1) is 0 Å². The molecule has 23 heavy (non-hydrogen) atoms. The lowest BCUT2D eigenvalue weighted by Crippen LogP contribution is -2.39. The molecule has 0 aromatic heterocycles. The van der Waals surface area contributed by atoms with Gasteiger partial charge in [-0.3, -0.25) is 9.69 Å². The van der Waals surface area contributed by atoms with Crippen LogP contribution in [0.2, 0.25) is 0 Å². The Balaban J connectivity index is 2.00. The lowest BCUT2D eigenvalue weighted by Gasteiger charge is -2.22. The van der Waals surface area contributed by atoms with Gasteiger partial charge in [-0.1, -0.05) is 30.3 Å². The van der Waals surface area contributed by atoms with Crippen molar-refractivity contribution in [3.8, 4) is 5.75 Å². The third-order valence-corrected chi connectivity index (χ3v) is 3.76. The van der Waals surface area contributed by atoms with Crippen LogP contribution in [0.15, 0.2) is 48.5 Å². The molecule has 122 valence electrons. The van der Waals surface area contributed by atoms with E-state index in [1.165, 1.54) is 6.07 Å². The summed E-state index contributed by atoms with van der Waals surface area (Å²) in [5, 5.41) is 0. The number of nitrogens with two attached hydrogens (primary N) is 1. The summed E-state index contributed by atoms with van der Waals surface area (Å²) in [6.07, 6.45) is 0. The fourth-order valence-corrected chi connectivity index (χ4v) is 2.15. The molecule has 1 atom stereocenters. The second kappa shape index (κ2) is 7.74. The maximum atomic E-state index is 13.6. The molecule has 0 aliphatic carbocycles. The smallest absolute Gasteiger partial charge is 0.234 e. The quantitative estimate of drug-likeness (QED) is 0.854. The van der Waals surface area contributed by atoms with Crippen LogP contribution in [0.4, 0.5) is 4.39 Å². The van der Waals surface area contributed by atoms with Crippen LogP contribution in [-0.2, 0) is 17.9 Å². The van der Waals surface area contributed by atoms with Gasteiger partial charge in [0.1, 0.15) is 18.2 Å². The largest absolute Gasteiger partial charge is 0.489 e. The normalized spacial score (nSPS) is 12.2. The van der Waals surface area contributed by atoms with E-state index in [0.717, 1.165) is 5.56 Å². The van der Waals surface area contributed by atoms with Crippen molar-refractivity contribution in [3.05, 3.63) is 65.5 Å².